The van der Waals surface area contributed by atoms with Gasteiger partial charge in [-0.1, -0.05) is 36.4 Å². The van der Waals surface area contributed by atoms with Crippen molar-refractivity contribution in [2.45, 2.75) is 32.5 Å². The van der Waals surface area contributed by atoms with Crippen molar-refractivity contribution in [3.05, 3.63) is 48.0 Å². The van der Waals surface area contributed by atoms with E-state index in [1.165, 1.54) is 19.1 Å². The second-order valence-electron chi connectivity index (χ2n) is 4.67. The van der Waals surface area contributed by atoms with Gasteiger partial charge in [0.05, 0.1) is 6.10 Å². The Morgan fingerprint density at radius 2 is 2.05 bits per heavy atom. The van der Waals surface area contributed by atoms with Crippen molar-refractivity contribution in [1.82, 2.24) is 5.32 Å². The van der Waals surface area contributed by atoms with E-state index in [1.54, 1.807) is 0 Å². The van der Waals surface area contributed by atoms with Crippen LogP contribution in [0.25, 0.3) is 0 Å². The van der Waals surface area contributed by atoms with E-state index in [2.05, 4.69) is 5.32 Å². The highest BCUT2D eigenvalue weighted by Crippen LogP contribution is 2.01. The maximum Gasteiger partial charge on any atom is 0.407 e. The van der Waals surface area contributed by atoms with Gasteiger partial charge in [-0.2, -0.15) is 0 Å². The number of aliphatic hydroxyl groups excluding tert-OH is 1. The average molecular weight is 291 g/mol. The molecule has 114 valence electrons. The van der Waals surface area contributed by atoms with E-state index in [-0.39, 0.29) is 12.4 Å². The zero-order valence-electron chi connectivity index (χ0n) is 12.1. The summed E-state index contributed by atoms with van der Waals surface area (Å²) in [5.41, 5.74) is 0.928. The third-order valence-corrected chi connectivity index (χ3v) is 2.71. The van der Waals surface area contributed by atoms with Crippen molar-refractivity contribution in [3.63, 3.8) is 0 Å². The Labute approximate surface area is 124 Å². The molecule has 0 saturated heterocycles. The van der Waals surface area contributed by atoms with Crippen LogP contribution in [-0.2, 0) is 16.1 Å². The smallest absolute Gasteiger partial charge is 0.407 e. The topological polar surface area (TPSA) is 75.6 Å². The second-order valence-corrected chi connectivity index (χ2v) is 4.67. The van der Waals surface area contributed by atoms with Crippen molar-refractivity contribution < 1.29 is 19.4 Å². The number of hydrogen-bond acceptors (Lipinski definition) is 4. The number of nitrogens with one attached hydrogen (secondary N) is 1. The summed E-state index contributed by atoms with van der Waals surface area (Å²) < 4.78 is 5.04. The third-order valence-electron chi connectivity index (χ3n) is 2.71. The van der Waals surface area contributed by atoms with Crippen LogP contribution >= 0.6 is 0 Å². The van der Waals surface area contributed by atoms with Gasteiger partial charge in [-0.15, -0.1) is 0 Å². The van der Waals surface area contributed by atoms with Gasteiger partial charge < -0.3 is 15.2 Å². The highest BCUT2D eigenvalue weighted by atomic mass is 16.5. The average Bonchev–Trinajstić information content (AvgIpc) is 2.48. The largest absolute Gasteiger partial charge is 0.445 e. The summed E-state index contributed by atoms with van der Waals surface area (Å²) in [5, 5.41) is 12.1. The first kappa shape index (κ1) is 16.9. The Hall–Kier alpha value is -2.14. The van der Waals surface area contributed by atoms with E-state index in [0.29, 0.717) is 19.4 Å². The molecule has 0 aliphatic rings. The first-order chi connectivity index (χ1) is 10.1. The number of alkyl carbamates (subject to hydrolysis) is 1. The monoisotopic (exact) mass is 291 g/mol. The first-order valence-electron chi connectivity index (χ1n) is 6.89. The van der Waals surface area contributed by atoms with Crippen LogP contribution in [0.3, 0.4) is 0 Å². The maximum absolute atomic E-state index is 11.4. The van der Waals surface area contributed by atoms with E-state index in [1.807, 2.05) is 30.3 Å². The number of ether oxygens (including phenoxy) is 1. The summed E-state index contributed by atoms with van der Waals surface area (Å²) in [6, 6.07) is 9.42. The standard InChI is InChI=1S/C16H21NO4/c1-13(18)9-10-15(19)8-5-11-17-16(20)21-12-14-6-3-2-4-7-14/h2-4,6-7,9-10,15,19H,5,8,11-12H2,1H3,(H,17,20)/b10-9+/t15-/m0/s1. The summed E-state index contributed by atoms with van der Waals surface area (Å²) in [5.74, 6) is -0.100. The number of amides is 1. The normalized spacial score (nSPS) is 12.1. The van der Waals surface area contributed by atoms with Crippen LogP contribution in [0.4, 0.5) is 4.79 Å². The van der Waals surface area contributed by atoms with Gasteiger partial charge in [-0.25, -0.2) is 4.79 Å². The number of carbonyl (C=O) groups is 2. The van der Waals surface area contributed by atoms with Crippen LogP contribution < -0.4 is 5.32 Å². The number of benzene rings is 1. The fraction of sp³-hybridized carbons (Fsp3) is 0.375. The Morgan fingerprint density at radius 3 is 2.71 bits per heavy atom. The molecule has 0 unspecified atom stereocenters. The lowest BCUT2D eigenvalue weighted by Gasteiger charge is -2.08. The number of allylic oxidation sites excluding steroid dienone is 1. The Balaban J connectivity index is 2.09. The van der Waals surface area contributed by atoms with Crippen LogP contribution in [0.1, 0.15) is 25.3 Å². The lowest BCUT2D eigenvalue weighted by Crippen LogP contribution is -2.25. The first-order valence-corrected chi connectivity index (χ1v) is 6.89. The Kier molecular flexibility index (Phi) is 7.82. The van der Waals surface area contributed by atoms with Crippen molar-refractivity contribution in [1.29, 1.82) is 0 Å². The molecule has 0 fully saturated rings. The Morgan fingerprint density at radius 1 is 1.33 bits per heavy atom. The predicted molar refractivity (Wildman–Crippen MR) is 79.7 cm³/mol. The minimum atomic E-state index is -0.670. The molecule has 1 aromatic rings. The molecule has 0 saturated carbocycles. The molecule has 0 heterocycles. The highest BCUT2D eigenvalue weighted by molar-refractivity contribution is 5.87. The minimum absolute atomic E-state index is 0.100. The van der Waals surface area contributed by atoms with E-state index in [0.717, 1.165) is 5.56 Å². The molecule has 0 aliphatic heterocycles. The maximum atomic E-state index is 11.4. The molecule has 5 heteroatoms. The zero-order chi connectivity index (χ0) is 15.5. The molecular weight excluding hydrogens is 270 g/mol. The molecule has 0 bridgehead atoms. The summed E-state index contributed by atoms with van der Waals surface area (Å²) in [7, 11) is 0. The van der Waals surface area contributed by atoms with E-state index in [9.17, 15) is 14.7 Å². The minimum Gasteiger partial charge on any atom is -0.445 e. The SMILES string of the molecule is CC(=O)/C=C/[C@@H](O)CCCNC(=O)OCc1ccccc1. The van der Waals surface area contributed by atoms with Crippen molar-refractivity contribution in [2.75, 3.05) is 6.54 Å². The molecule has 0 spiro atoms. The van der Waals surface area contributed by atoms with Crippen LogP contribution in [-0.4, -0.2) is 29.6 Å². The lowest BCUT2D eigenvalue weighted by atomic mass is 10.2. The number of ketones is 1. The van der Waals surface area contributed by atoms with Gasteiger partial charge in [0.1, 0.15) is 6.61 Å². The fourth-order valence-electron chi connectivity index (χ4n) is 1.62. The van der Waals surface area contributed by atoms with Gasteiger partial charge in [-0.05, 0) is 31.4 Å². The highest BCUT2D eigenvalue weighted by Gasteiger charge is 2.03. The molecule has 5 nitrogen and oxygen atoms in total. The second kappa shape index (κ2) is 9.72. The van der Waals surface area contributed by atoms with E-state index >= 15 is 0 Å². The van der Waals surface area contributed by atoms with Crippen LogP contribution in [0.15, 0.2) is 42.5 Å². The third kappa shape index (κ3) is 8.60. The van der Waals surface area contributed by atoms with Crippen LogP contribution in [0.5, 0.6) is 0 Å². The fourth-order valence-corrected chi connectivity index (χ4v) is 1.62. The molecule has 0 aromatic heterocycles. The van der Waals surface area contributed by atoms with Gasteiger partial charge >= 0.3 is 6.09 Å². The molecule has 2 N–H and O–H groups in total. The number of aliphatic hydroxyl groups is 1. The number of rotatable bonds is 8. The Bertz CT molecular complexity index is 470. The van der Waals surface area contributed by atoms with Crippen molar-refractivity contribution >= 4 is 11.9 Å². The van der Waals surface area contributed by atoms with Gasteiger partial charge in [0.2, 0.25) is 0 Å². The number of hydrogen-bond donors (Lipinski definition) is 2. The molecule has 1 rings (SSSR count). The number of carbonyl (C=O) groups excluding carboxylic acids is 2. The summed E-state index contributed by atoms with van der Waals surface area (Å²) in [6.45, 7) is 2.07. The van der Waals surface area contributed by atoms with Gasteiger partial charge in [0, 0.05) is 6.54 Å². The van der Waals surface area contributed by atoms with Gasteiger partial charge in [-0.3, -0.25) is 4.79 Å². The molecule has 0 radical (unpaired) electrons. The van der Waals surface area contributed by atoms with Crippen LogP contribution in [0.2, 0.25) is 0 Å². The molecule has 21 heavy (non-hydrogen) atoms. The molecule has 1 atom stereocenters. The van der Waals surface area contributed by atoms with Crippen LogP contribution in [0, 0.1) is 0 Å². The van der Waals surface area contributed by atoms with Gasteiger partial charge in [0.25, 0.3) is 0 Å². The quantitative estimate of drug-likeness (QED) is 0.568. The summed E-state index contributed by atoms with van der Waals surface area (Å²) in [6.07, 6.45) is 2.72. The molecule has 1 amide bonds. The lowest BCUT2D eigenvalue weighted by molar-refractivity contribution is -0.112. The predicted octanol–water partition coefficient (Wildman–Crippen LogP) is 2.20. The molecule has 1 aromatic carbocycles. The van der Waals surface area contributed by atoms with E-state index < -0.39 is 12.2 Å². The molecule has 0 aliphatic carbocycles. The van der Waals surface area contributed by atoms with Gasteiger partial charge in [0.15, 0.2) is 5.78 Å². The van der Waals surface area contributed by atoms with Crippen molar-refractivity contribution in [3.8, 4) is 0 Å². The summed E-state index contributed by atoms with van der Waals surface area (Å²) >= 11 is 0. The zero-order valence-corrected chi connectivity index (χ0v) is 12.1. The molecular formula is C16H21NO4. The summed E-state index contributed by atoms with van der Waals surface area (Å²) in [4.78, 5) is 22.1. The van der Waals surface area contributed by atoms with E-state index in [4.69, 9.17) is 4.74 Å². The van der Waals surface area contributed by atoms with Crippen molar-refractivity contribution in [2.24, 2.45) is 0 Å².